The first-order chi connectivity index (χ1) is 13.6. The molecule has 28 heavy (non-hydrogen) atoms. The first-order valence-electron chi connectivity index (χ1n) is 8.75. The summed E-state index contributed by atoms with van der Waals surface area (Å²) >= 11 is 0. The van der Waals surface area contributed by atoms with Gasteiger partial charge in [-0.3, -0.25) is 20.4 Å². The largest absolute Gasteiger partial charge is 0.454 e. The summed E-state index contributed by atoms with van der Waals surface area (Å²) in [6.07, 6.45) is 1.69. The van der Waals surface area contributed by atoms with E-state index < -0.39 is 23.9 Å². The lowest BCUT2D eigenvalue weighted by atomic mass is 9.93. The number of hydrogen-bond donors (Lipinski definition) is 3. The number of aromatic amines is 1. The molecule has 2 amide bonds. The zero-order valence-electron chi connectivity index (χ0n) is 14.8. The summed E-state index contributed by atoms with van der Waals surface area (Å²) in [5.41, 5.74) is 7.46. The Labute approximate surface area is 160 Å². The number of aromatic nitrogens is 1. The van der Waals surface area contributed by atoms with Gasteiger partial charge in [0.1, 0.15) is 11.8 Å². The van der Waals surface area contributed by atoms with Gasteiger partial charge in [0.05, 0.1) is 5.56 Å². The van der Waals surface area contributed by atoms with E-state index in [0.717, 1.165) is 11.1 Å². The number of benzene rings is 2. The predicted octanol–water partition coefficient (Wildman–Crippen LogP) is 2.54. The van der Waals surface area contributed by atoms with Crippen molar-refractivity contribution in [3.05, 3.63) is 94.8 Å². The van der Waals surface area contributed by atoms with E-state index in [9.17, 15) is 14.4 Å². The molecule has 0 saturated heterocycles. The number of cyclic esters (lactones) is 1. The molecule has 1 atom stereocenters. The third kappa shape index (κ3) is 3.50. The van der Waals surface area contributed by atoms with Crippen LogP contribution < -0.4 is 10.9 Å². The van der Waals surface area contributed by atoms with Crippen LogP contribution in [0.25, 0.3) is 0 Å². The average Bonchev–Trinajstić information content (AvgIpc) is 3.27. The molecule has 3 aromatic rings. The summed E-state index contributed by atoms with van der Waals surface area (Å²) in [7, 11) is 0. The monoisotopic (exact) mass is 375 g/mol. The topological polar surface area (TPSA) is 100 Å². The number of esters is 1. The van der Waals surface area contributed by atoms with Crippen molar-refractivity contribution in [1.29, 1.82) is 0 Å². The number of hydrogen-bond acceptors (Lipinski definition) is 4. The maximum absolute atomic E-state index is 12.4. The maximum Gasteiger partial charge on any atom is 0.339 e. The Hall–Kier alpha value is -3.87. The molecule has 1 aliphatic heterocycles. The molecule has 0 aliphatic carbocycles. The van der Waals surface area contributed by atoms with Crippen LogP contribution in [-0.4, -0.2) is 22.8 Å². The van der Waals surface area contributed by atoms with Crippen LogP contribution in [0.1, 0.15) is 48.4 Å². The van der Waals surface area contributed by atoms with Gasteiger partial charge >= 0.3 is 5.97 Å². The lowest BCUT2D eigenvalue weighted by Crippen LogP contribution is -2.41. The minimum atomic E-state index is -0.474. The predicted molar refractivity (Wildman–Crippen MR) is 100 cm³/mol. The summed E-state index contributed by atoms with van der Waals surface area (Å²) in [5.74, 6) is -1.34. The van der Waals surface area contributed by atoms with Gasteiger partial charge in [0.2, 0.25) is 0 Å². The fourth-order valence-electron chi connectivity index (χ4n) is 3.12. The standard InChI is InChI=1S/C21H17N3O4/c25-19(23-24-20(26)17-7-4-10-22-17)14-8-9-16-15(11-14)12-18(28-21(16)27)13-5-2-1-3-6-13/h1-11,18,22H,12H2,(H,23,25)(H,24,26). The number of nitrogens with one attached hydrogen (secondary N) is 3. The minimum Gasteiger partial charge on any atom is -0.454 e. The van der Waals surface area contributed by atoms with E-state index in [1.807, 2.05) is 30.3 Å². The SMILES string of the molecule is O=C(NNC(=O)c1ccc[nH]1)c1ccc2c(c1)CC(c1ccccc1)OC2=O. The van der Waals surface area contributed by atoms with Gasteiger partial charge in [-0.15, -0.1) is 0 Å². The van der Waals surface area contributed by atoms with Gasteiger partial charge in [-0.1, -0.05) is 30.3 Å². The van der Waals surface area contributed by atoms with E-state index in [-0.39, 0.29) is 0 Å². The van der Waals surface area contributed by atoms with Crippen molar-refractivity contribution in [2.24, 2.45) is 0 Å². The van der Waals surface area contributed by atoms with Crippen molar-refractivity contribution in [2.45, 2.75) is 12.5 Å². The third-order valence-electron chi connectivity index (χ3n) is 4.55. The number of ether oxygens (including phenoxy) is 1. The first kappa shape index (κ1) is 17.5. The molecule has 0 radical (unpaired) electrons. The highest BCUT2D eigenvalue weighted by atomic mass is 16.5. The highest BCUT2D eigenvalue weighted by molar-refractivity contribution is 6.00. The normalized spacial score (nSPS) is 15.3. The Kier molecular flexibility index (Phi) is 4.63. The zero-order valence-corrected chi connectivity index (χ0v) is 14.8. The Balaban J connectivity index is 1.49. The summed E-state index contributed by atoms with van der Waals surface area (Å²) in [6, 6.07) is 17.5. The molecule has 0 saturated carbocycles. The number of hydrazine groups is 1. The minimum absolute atomic E-state index is 0.333. The molecule has 2 heterocycles. The lowest BCUT2D eigenvalue weighted by molar-refractivity contribution is 0.0252. The van der Waals surface area contributed by atoms with E-state index in [4.69, 9.17) is 4.74 Å². The lowest BCUT2D eigenvalue weighted by Gasteiger charge is -2.25. The van der Waals surface area contributed by atoms with Crippen LogP contribution in [0.5, 0.6) is 0 Å². The molecule has 2 aromatic carbocycles. The third-order valence-corrected chi connectivity index (χ3v) is 4.55. The van der Waals surface area contributed by atoms with Gasteiger partial charge in [-0.2, -0.15) is 0 Å². The number of fused-ring (bicyclic) bond motifs is 1. The van der Waals surface area contributed by atoms with Gasteiger partial charge in [0.25, 0.3) is 11.8 Å². The molecule has 1 aliphatic rings. The van der Waals surface area contributed by atoms with Crippen LogP contribution in [0, 0.1) is 0 Å². The van der Waals surface area contributed by atoms with E-state index in [0.29, 0.717) is 23.2 Å². The van der Waals surface area contributed by atoms with Gasteiger partial charge in [0.15, 0.2) is 0 Å². The molecule has 0 fully saturated rings. The summed E-state index contributed by atoms with van der Waals surface area (Å²) in [4.78, 5) is 39.3. The van der Waals surface area contributed by atoms with Crippen molar-refractivity contribution < 1.29 is 19.1 Å². The van der Waals surface area contributed by atoms with Crippen LogP contribution >= 0.6 is 0 Å². The molecular formula is C21H17N3O4. The van der Waals surface area contributed by atoms with E-state index in [1.54, 1.807) is 30.5 Å². The second-order valence-electron chi connectivity index (χ2n) is 6.37. The fourth-order valence-corrected chi connectivity index (χ4v) is 3.12. The molecule has 0 bridgehead atoms. The Morgan fingerprint density at radius 3 is 2.50 bits per heavy atom. The second-order valence-corrected chi connectivity index (χ2v) is 6.37. The molecule has 7 heteroatoms. The van der Waals surface area contributed by atoms with Gasteiger partial charge < -0.3 is 9.72 Å². The van der Waals surface area contributed by atoms with E-state index in [2.05, 4.69) is 15.8 Å². The zero-order chi connectivity index (χ0) is 19.5. The molecule has 3 N–H and O–H groups in total. The molecular weight excluding hydrogens is 358 g/mol. The molecule has 4 rings (SSSR count). The van der Waals surface area contributed by atoms with Crippen molar-refractivity contribution >= 4 is 17.8 Å². The maximum atomic E-state index is 12.4. The van der Waals surface area contributed by atoms with Crippen LogP contribution in [-0.2, 0) is 11.2 Å². The van der Waals surface area contributed by atoms with Gasteiger partial charge in [-0.05, 0) is 41.5 Å². The summed E-state index contributed by atoms with van der Waals surface area (Å²) in [6.45, 7) is 0. The number of H-pyrrole nitrogens is 1. The molecule has 1 unspecified atom stereocenters. The van der Waals surface area contributed by atoms with E-state index >= 15 is 0 Å². The Morgan fingerprint density at radius 2 is 1.75 bits per heavy atom. The number of amides is 2. The number of rotatable bonds is 3. The van der Waals surface area contributed by atoms with Crippen molar-refractivity contribution in [3.63, 3.8) is 0 Å². The smallest absolute Gasteiger partial charge is 0.339 e. The van der Waals surface area contributed by atoms with E-state index in [1.165, 1.54) is 6.07 Å². The van der Waals surface area contributed by atoms with Crippen molar-refractivity contribution in [2.75, 3.05) is 0 Å². The van der Waals surface area contributed by atoms with Crippen molar-refractivity contribution in [3.8, 4) is 0 Å². The van der Waals surface area contributed by atoms with Gasteiger partial charge in [-0.25, -0.2) is 4.79 Å². The number of carbonyl (C=O) groups excluding carboxylic acids is 3. The van der Waals surface area contributed by atoms with Crippen LogP contribution in [0.15, 0.2) is 66.9 Å². The molecule has 140 valence electrons. The van der Waals surface area contributed by atoms with Crippen LogP contribution in [0.2, 0.25) is 0 Å². The highest BCUT2D eigenvalue weighted by Crippen LogP contribution is 2.30. The summed E-state index contributed by atoms with van der Waals surface area (Å²) < 4.78 is 5.52. The quantitative estimate of drug-likeness (QED) is 0.484. The molecule has 1 aromatic heterocycles. The summed E-state index contributed by atoms with van der Waals surface area (Å²) in [5, 5.41) is 0. The average molecular weight is 375 g/mol. The number of carbonyl (C=O) groups is 3. The Bertz CT molecular complexity index is 1030. The van der Waals surface area contributed by atoms with Crippen molar-refractivity contribution in [1.82, 2.24) is 15.8 Å². The fraction of sp³-hybridized carbons (Fsp3) is 0.0952. The van der Waals surface area contributed by atoms with Crippen LogP contribution in [0.3, 0.4) is 0 Å². The molecule has 0 spiro atoms. The highest BCUT2D eigenvalue weighted by Gasteiger charge is 2.28. The Morgan fingerprint density at radius 1 is 0.964 bits per heavy atom. The van der Waals surface area contributed by atoms with Crippen LogP contribution in [0.4, 0.5) is 0 Å². The van der Waals surface area contributed by atoms with Gasteiger partial charge in [0, 0.05) is 18.2 Å². The first-order valence-corrected chi connectivity index (χ1v) is 8.75. The second kappa shape index (κ2) is 7.40. The molecule has 7 nitrogen and oxygen atoms in total.